The summed E-state index contributed by atoms with van der Waals surface area (Å²) in [6.07, 6.45) is -0.119. The maximum Gasteiger partial charge on any atom is 0.244 e. The number of carbonyl (C=O) groups excluding carboxylic acids is 1. The molecular formula is C15H23Cl2N3O4S. The van der Waals surface area contributed by atoms with Crippen LogP contribution in [-0.4, -0.2) is 69.5 Å². The molecule has 0 aromatic heterocycles. The highest BCUT2D eigenvalue weighted by Crippen LogP contribution is 2.25. The van der Waals surface area contributed by atoms with Crippen molar-refractivity contribution in [2.24, 2.45) is 5.73 Å². The molecule has 1 fully saturated rings. The third kappa shape index (κ3) is 5.29. The third-order valence-electron chi connectivity index (χ3n) is 4.04. The summed E-state index contributed by atoms with van der Waals surface area (Å²) in [5.41, 5.74) is 5.52. The van der Waals surface area contributed by atoms with E-state index in [1.54, 1.807) is 23.1 Å². The van der Waals surface area contributed by atoms with Gasteiger partial charge in [0.15, 0.2) is 0 Å². The van der Waals surface area contributed by atoms with Crippen LogP contribution in [0.25, 0.3) is 0 Å². The molecule has 1 aliphatic heterocycles. The van der Waals surface area contributed by atoms with E-state index < -0.39 is 10.0 Å². The van der Waals surface area contributed by atoms with Gasteiger partial charge in [-0.1, -0.05) is 23.7 Å². The molecule has 1 amide bonds. The van der Waals surface area contributed by atoms with Gasteiger partial charge in [0.05, 0.1) is 17.5 Å². The molecule has 0 aliphatic carbocycles. The second-order valence-corrected chi connectivity index (χ2v) is 7.83. The number of nitrogens with zero attached hydrogens (tertiary/aromatic N) is 2. The van der Waals surface area contributed by atoms with Crippen LogP contribution in [0.2, 0.25) is 5.02 Å². The summed E-state index contributed by atoms with van der Waals surface area (Å²) in [7, 11) is -2.14. The number of piperazine rings is 1. The molecule has 1 saturated heterocycles. The number of sulfonamides is 1. The van der Waals surface area contributed by atoms with E-state index in [1.807, 2.05) is 0 Å². The van der Waals surface area contributed by atoms with Crippen molar-refractivity contribution in [1.29, 1.82) is 0 Å². The fraction of sp³-hybridized carbons (Fsp3) is 0.533. The van der Waals surface area contributed by atoms with E-state index in [1.165, 1.54) is 17.5 Å². The van der Waals surface area contributed by atoms with E-state index in [9.17, 15) is 13.2 Å². The highest BCUT2D eigenvalue weighted by atomic mass is 35.5. The van der Waals surface area contributed by atoms with Gasteiger partial charge < -0.3 is 15.4 Å². The van der Waals surface area contributed by atoms with Crippen LogP contribution in [0.1, 0.15) is 6.42 Å². The number of hydrogen-bond acceptors (Lipinski definition) is 5. The zero-order valence-electron chi connectivity index (χ0n) is 13.9. The van der Waals surface area contributed by atoms with E-state index in [-0.39, 0.29) is 60.4 Å². The smallest absolute Gasteiger partial charge is 0.244 e. The Balaban J connectivity index is 0.00000312. The predicted octanol–water partition coefficient (Wildman–Crippen LogP) is 0.959. The maximum absolute atomic E-state index is 12.7. The second-order valence-electron chi connectivity index (χ2n) is 5.51. The van der Waals surface area contributed by atoms with Crippen molar-refractivity contribution in [2.45, 2.75) is 17.4 Å². The van der Waals surface area contributed by atoms with Gasteiger partial charge in [-0.05, 0) is 12.1 Å². The largest absolute Gasteiger partial charge is 0.380 e. The van der Waals surface area contributed by atoms with Crippen molar-refractivity contribution in [2.75, 3.05) is 39.8 Å². The summed E-state index contributed by atoms with van der Waals surface area (Å²) >= 11 is 6.00. The molecule has 142 valence electrons. The van der Waals surface area contributed by atoms with Gasteiger partial charge >= 0.3 is 0 Å². The number of carbonyl (C=O) groups is 1. The maximum atomic E-state index is 12.7. The van der Waals surface area contributed by atoms with Crippen molar-refractivity contribution < 1.29 is 17.9 Å². The monoisotopic (exact) mass is 411 g/mol. The van der Waals surface area contributed by atoms with Crippen LogP contribution < -0.4 is 5.73 Å². The van der Waals surface area contributed by atoms with Gasteiger partial charge in [0, 0.05) is 39.8 Å². The average Bonchev–Trinajstić information content (AvgIpc) is 2.59. The van der Waals surface area contributed by atoms with Crippen LogP contribution in [0.5, 0.6) is 0 Å². The number of rotatable bonds is 6. The Bertz CT molecular complexity index is 675. The molecule has 25 heavy (non-hydrogen) atoms. The Labute approximate surface area is 159 Å². The number of benzene rings is 1. The van der Waals surface area contributed by atoms with Gasteiger partial charge in [-0.3, -0.25) is 4.79 Å². The molecule has 1 aromatic rings. The Kier molecular flexibility index (Phi) is 8.59. The van der Waals surface area contributed by atoms with E-state index in [0.29, 0.717) is 13.1 Å². The molecule has 2 N–H and O–H groups in total. The summed E-state index contributed by atoms with van der Waals surface area (Å²) in [6, 6.07) is 6.35. The lowest BCUT2D eigenvalue weighted by Crippen LogP contribution is -2.51. The molecule has 10 heteroatoms. The van der Waals surface area contributed by atoms with E-state index in [4.69, 9.17) is 22.1 Å². The standard InChI is InChI=1S/C15H22ClN3O4S.ClH/c1-23-12(11-17)10-15(20)18-6-8-19(9-7-18)24(21,22)14-5-3-2-4-13(14)16;/h2-5,12H,6-11,17H2,1H3;1H. The van der Waals surface area contributed by atoms with E-state index >= 15 is 0 Å². The molecule has 1 heterocycles. The van der Waals surface area contributed by atoms with Gasteiger partial charge in [0.25, 0.3) is 0 Å². The molecule has 0 spiro atoms. The molecule has 1 atom stereocenters. The van der Waals surface area contributed by atoms with Crippen LogP contribution in [0.4, 0.5) is 0 Å². The Hall–Kier alpha value is -0.900. The number of hydrogen-bond donors (Lipinski definition) is 1. The lowest BCUT2D eigenvalue weighted by molar-refractivity contribution is -0.134. The SMILES string of the molecule is COC(CN)CC(=O)N1CCN(S(=O)(=O)c2ccccc2Cl)CC1.Cl. The third-order valence-corrected chi connectivity index (χ3v) is 6.44. The number of ether oxygens (including phenoxy) is 1. The number of methoxy groups -OCH3 is 1. The van der Waals surface area contributed by atoms with Gasteiger partial charge in [-0.25, -0.2) is 8.42 Å². The molecule has 0 radical (unpaired) electrons. The normalized spacial score (nSPS) is 17.0. The number of halogens is 2. The summed E-state index contributed by atoms with van der Waals surface area (Å²) in [4.78, 5) is 13.9. The topological polar surface area (TPSA) is 92.9 Å². The Morgan fingerprint density at radius 1 is 1.28 bits per heavy atom. The molecule has 1 unspecified atom stereocenters. The van der Waals surface area contributed by atoms with Gasteiger partial charge in [0.2, 0.25) is 15.9 Å². The molecule has 2 rings (SSSR count). The minimum Gasteiger partial charge on any atom is -0.380 e. The van der Waals surface area contributed by atoms with E-state index in [0.717, 1.165) is 0 Å². The fourth-order valence-corrected chi connectivity index (χ4v) is 4.47. The second kappa shape index (κ2) is 9.70. The van der Waals surface area contributed by atoms with Crippen LogP contribution in [-0.2, 0) is 19.6 Å². The highest BCUT2D eigenvalue weighted by Gasteiger charge is 2.31. The molecule has 1 aliphatic rings. The van der Waals surface area contributed by atoms with Crippen molar-refractivity contribution in [3.05, 3.63) is 29.3 Å². The summed E-state index contributed by atoms with van der Waals surface area (Å²) in [5.74, 6) is -0.0814. The lowest BCUT2D eigenvalue weighted by Gasteiger charge is -2.34. The first-order chi connectivity index (χ1) is 11.4. The zero-order valence-corrected chi connectivity index (χ0v) is 16.3. The van der Waals surface area contributed by atoms with Crippen molar-refractivity contribution in [3.8, 4) is 0 Å². The molecule has 0 bridgehead atoms. The first-order valence-electron chi connectivity index (χ1n) is 7.65. The minimum absolute atomic E-state index is 0. The van der Waals surface area contributed by atoms with Crippen LogP contribution >= 0.6 is 24.0 Å². The Morgan fingerprint density at radius 2 is 1.88 bits per heavy atom. The highest BCUT2D eigenvalue weighted by molar-refractivity contribution is 7.89. The minimum atomic E-state index is -3.66. The average molecular weight is 412 g/mol. The quantitative estimate of drug-likeness (QED) is 0.752. The van der Waals surface area contributed by atoms with E-state index in [2.05, 4.69) is 0 Å². The molecular weight excluding hydrogens is 389 g/mol. The summed E-state index contributed by atoms with van der Waals surface area (Å²) < 4.78 is 31.8. The first-order valence-corrected chi connectivity index (χ1v) is 9.47. The fourth-order valence-electron chi connectivity index (χ4n) is 2.56. The van der Waals surface area contributed by atoms with Crippen molar-refractivity contribution in [1.82, 2.24) is 9.21 Å². The molecule has 7 nitrogen and oxygen atoms in total. The van der Waals surface area contributed by atoms with Crippen molar-refractivity contribution in [3.63, 3.8) is 0 Å². The predicted molar refractivity (Wildman–Crippen MR) is 98.5 cm³/mol. The Morgan fingerprint density at radius 3 is 2.40 bits per heavy atom. The van der Waals surface area contributed by atoms with Crippen molar-refractivity contribution >= 4 is 39.9 Å². The summed E-state index contributed by atoms with van der Waals surface area (Å²) in [6.45, 7) is 1.41. The van der Waals surface area contributed by atoms with Crippen LogP contribution in [0, 0.1) is 0 Å². The zero-order chi connectivity index (χ0) is 17.7. The number of amides is 1. The van der Waals surface area contributed by atoms with Gasteiger partial charge in [0.1, 0.15) is 4.90 Å². The van der Waals surface area contributed by atoms with Crippen LogP contribution in [0.3, 0.4) is 0 Å². The first kappa shape index (κ1) is 22.1. The van der Waals surface area contributed by atoms with Crippen LogP contribution in [0.15, 0.2) is 29.2 Å². The lowest BCUT2D eigenvalue weighted by atomic mass is 10.2. The van der Waals surface area contributed by atoms with Gasteiger partial charge in [-0.2, -0.15) is 4.31 Å². The molecule has 0 saturated carbocycles. The summed E-state index contributed by atoms with van der Waals surface area (Å²) in [5, 5.41) is 0.196. The number of nitrogens with two attached hydrogens (primary N) is 1. The van der Waals surface area contributed by atoms with Gasteiger partial charge in [-0.15, -0.1) is 12.4 Å². The molecule has 1 aromatic carbocycles.